The van der Waals surface area contributed by atoms with Crippen LogP contribution >= 0.6 is 15.9 Å². The van der Waals surface area contributed by atoms with Gasteiger partial charge >= 0.3 is 0 Å². The topological polar surface area (TPSA) is 47.3 Å². The van der Waals surface area contributed by atoms with Gasteiger partial charge in [0, 0.05) is 7.05 Å². The number of nitrogens with zero attached hydrogens (tertiary/aromatic N) is 2. The van der Waals surface area contributed by atoms with Crippen molar-refractivity contribution in [2.45, 2.75) is 18.4 Å². The molecule has 0 fully saturated rings. The number of methoxy groups -OCH3 is 1. The molecule has 1 aromatic carbocycles. The van der Waals surface area contributed by atoms with E-state index < -0.39 is 5.60 Å². The first-order valence-electron chi connectivity index (χ1n) is 6.14. The third-order valence-electron chi connectivity index (χ3n) is 3.80. The third-order valence-corrected chi connectivity index (χ3v) is 4.38. The first-order chi connectivity index (χ1) is 9.06. The molecule has 1 heterocycles. The number of benzene rings is 1. The highest BCUT2D eigenvalue weighted by Crippen LogP contribution is 2.45. The molecule has 1 N–H and O–H groups in total. The zero-order chi connectivity index (χ0) is 13.6. The monoisotopic (exact) mass is 322 g/mol. The molecule has 0 aliphatic heterocycles. The molecule has 0 amide bonds. The molecular formula is C14H15BrN2O2. The third kappa shape index (κ3) is 1.80. The van der Waals surface area contributed by atoms with Gasteiger partial charge in [0.1, 0.15) is 11.4 Å². The quantitative estimate of drug-likeness (QED) is 0.923. The minimum absolute atomic E-state index is 0.660. The normalized spacial score (nSPS) is 21.5. The van der Waals surface area contributed by atoms with Gasteiger partial charge in [0.15, 0.2) is 0 Å². The standard InChI is InChI=1S/C14H15BrN2O2/c1-17-13(12(15)8-16-17)14(18)6-5-9-3-4-10(19-2)7-11(9)14/h3-4,7-8,18H,5-6H2,1-2H3. The number of halogens is 1. The number of aromatic nitrogens is 2. The van der Waals surface area contributed by atoms with E-state index in [9.17, 15) is 5.11 Å². The van der Waals surface area contributed by atoms with Gasteiger partial charge in [-0.1, -0.05) is 6.07 Å². The molecule has 3 rings (SSSR count). The van der Waals surface area contributed by atoms with E-state index in [0.717, 1.165) is 33.5 Å². The average molecular weight is 323 g/mol. The van der Waals surface area contributed by atoms with Crippen molar-refractivity contribution in [3.05, 3.63) is 45.7 Å². The number of aryl methyl sites for hydroxylation is 2. The molecule has 1 aromatic heterocycles. The summed E-state index contributed by atoms with van der Waals surface area (Å²) < 4.78 is 7.81. The Morgan fingerprint density at radius 1 is 1.47 bits per heavy atom. The van der Waals surface area contributed by atoms with Gasteiger partial charge in [-0.15, -0.1) is 0 Å². The summed E-state index contributed by atoms with van der Waals surface area (Å²) in [7, 11) is 3.48. The van der Waals surface area contributed by atoms with E-state index in [0.29, 0.717) is 6.42 Å². The summed E-state index contributed by atoms with van der Waals surface area (Å²) in [6.07, 6.45) is 3.23. The number of fused-ring (bicyclic) bond motifs is 1. The summed E-state index contributed by atoms with van der Waals surface area (Å²) >= 11 is 3.48. The Morgan fingerprint density at radius 3 is 2.89 bits per heavy atom. The van der Waals surface area contributed by atoms with E-state index >= 15 is 0 Å². The van der Waals surface area contributed by atoms with Crippen LogP contribution in [0.3, 0.4) is 0 Å². The van der Waals surface area contributed by atoms with E-state index in [1.165, 1.54) is 0 Å². The zero-order valence-electron chi connectivity index (χ0n) is 10.9. The maximum absolute atomic E-state index is 11.1. The lowest BCUT2D eigenvalue weighted by molar-refractivity contribution is 0.0730. The summed E-state index contributed by atoms with van der Waals surface area (Å²) in [5.41, 5.74) is 1.86. The van der Waals surface area contributed by atoms with Gasteiger partial charge in [-0.25, -0.2) is 0 Å². The van der Waals surface area contributed by atoms with E-state index in [1.54, 1.807) is 18.0 Å². The van der Waals surface area contributed by atoms with E-state index in [2.05, 4.69) is 21.0 Å². The van der Waals surface area contributed by atoms with Gasteiger partial charge in [0.05, 0.1) is 23.5 Å². The molecule has 19 heavy (non-hydrogen) atoms. The number of hydrogen-bond donors (Lipinski definition) is 1. The lowest BCUT2D eigenvalue weighted by Gasteiger charge is -2.25. The Balaban J connectivity index is 2.19. The SMILES string of the molecule is COc1ccc2c(c1)C(O)(c1c(Br)cnn1C)CC2. The maximum atomic E-state index is 11.1. The van der Waals surface area contributed by atoms with Gasteiger partial charge < -0.3 is 9.84 Å². The summed E-state index contributed by atoms with van der Waals surface area (Å²) in [4.78, 5) is 0. The van der Waals surface area contributed by atoms with Crippen LogP contribution in [0.25, 0.3) is 0 Å². The van der Waals surface area contributed by atoms with Gasteiger partial charge in [-0.05, 0) is 52.0 Å². The summed E-state index contributed by atoms with van der Waals surface area (Å²) in [5.74, 6) is 0.761. The van der Waals surface area contributed by atoms with Crippen LogP contribution < -0.4 is 4.74 Å². The summed E-state index contributed by atoms with van der Waals surface area (Å²) in [5, 5.41) is 15.3. The number of rotatable bonds is 2. The first-order valence-corrected chi connectivity index (χ1v) is 6.93. The van der Waals surface area contributed by atoms with Crippen molar-refractivity contribution in [3.63, 3.8) is 0 Å². The highest BCUT2D eigenvalue weighted by atomic mass is 79.9. The van der Waals surface area contributed by atoms with Crippen molar-refractivity contribution in [1.29, 1.82) is 0 Å². The molecule has 2 aromatic rings. The highest BCUT2D eigenvalue weighted by Gasteiger charge is 2.42. The fraction of sp³-hybridized carbons (Fsp3) is 0.357. The van der Waals surface area contributed by atoms with Gasteiger partial charge in [-0.3, -0.25) is 4.68 Å². The minimum Gasteiger partial charge on any atom is -0.497 e. The Bertz CT molecular complexity index is 619. The maximum Gasteiger partial charge on any atom is 0.133 e. The van der Waals surface area contributed by atoms with E-state index in [1.807, 2.05) is 25.2 Å². The van der Waals surface area contributed by atoms with Crippen LogP contribution in [0, 0.1) is 0 Å². The van der Waals surface area contributed by atoms with Crippen LogP contribution in [0.4, 0.5) is 0 Å². The largest absolute Gasteiger partial charge is 0.497 e. The highest BCUT2D eigenvalue weighted by molar-refractivity contribution is 9.10. The van der Waals surface area contributed by atoms with Crippen LogP contribution in [-0.2, 0) is 19.1 Å². The molecule has 0 radical (unpaired) electrons. The molecule has 1 aliphatic carbocycles. The predicted molar refractivity (Wildman–Crippen MR) is 75.2 cm³/mol. The molecule has 4 nitrogen and oxygen atoms in total. The zero-order valence-corrected chi connectivity index (χ0v) is 12.4. The number of hydrogen-bond acceptors (Lipinski definition) is 3. The molecular weight excluding hydrogens is 308 g/mol. The fourth-order valence-electron chi connectivity index (χ4n) is 2.86. The lowest BCUT2D eigenvalue weighted by Crippen LogP contribution is -2.27. The van der Waals surface area contributed by atoms with Crippen LogP contribution in [0.5, 0.6) is 5.75 Å². The van der Waals surface area contributed by atoms with Crippen molar-refractivity contribution in [3.8, 4) is 5.75 Å². The van der Waals surface area contributed by atoms with Gasteiger partial charge in [-0.2, -0.15) is 5.10 Å². The molecule has 0 bridgehead atoms. The van der Waals surface area contributed by atoms with Crippen molar-refractivity contribution in [2.75, 3.05) is 7.11 Å². The Morgan fingerprint density at radius 2 is 2.26 bits per heavy atom. The van der Waals surface area contributed by atoms with Crippen molar-refractivity contribution in [2.24, 2.45) is 7.05 Å². The first kappa shape index (κ1) is 12.7. The second kappa shape index (κ2) is 4.35. The predicted octanol–water partition coefficient (Wildman–Crippen LogP) is 2.37. The summed E-state index contributed by atoms with van der Waals surface area (Å²) in [6.45, 7) is 0. The van der Waals surface area contributed by atoms with E-state index in [4.69, 9.17) is 4.74 Å². The molecule has 0 saturated heterocycles. The second-order valence-corrected chi connectivity index (χ2v) is 5.70. The van der Waals surface area contributed by atoms with Crippen LogP contribution in [0.1, 0.15) is 23.2 Å². The van der Waals surface area contributed by atoms with Crippen molar-refractivity contribution in [1.82, 2.24) is 9.78 Å². The number of aliphatic hydroxyl groups is 1. The second-order valence-electron chi connectivity index (χ2n) is 4.85. The van der Waals surface area contributed by atoms with Crippen LogP contribution in [0.15, 0.2) is 28.9 Å². The summed E-state index contributed by atoms with van der Waals surface area (Å²) in [6, 6.07) is 5.88. The van der Waals surface area contributed by atoms with Gasteiger partial charge in [0.2, 0.25) is 0 Å². The Kier molecular flexibility index (Phi) is 2.91. The molecule has 5 heteroatoms. The Hall–Kier alpha value is -1.33. The molecule has 0 saturated carbocycles. The van der Waals surface area contributed by atoms with Gasteiger partial charge in [0.25, 0.3) is 0 Å². The molecule has 1 atom stereocenters. The van der Waals surface area contributed by atoms with Crippen molar-refractivity contribution >= 4 is 15.9 Å². The molecule has 100 valence electrons. The smallest absolute Gasteiger partial charge is 0.133 e. The van der Waals surface area contributed by atoms with E-state index in [-0.39, 0.29) is 0 Å². The fourth-order valence-corrected chi connectivity index (χ4v) is 3.53. The lowest BCUT2D eigenvalue weighted by atomic mass is 9.92. The Labute approximate surface area is 120 Å². The number of ether oxygens (including phenoxy) is 1. The van der Waals surface area contributed by atoms with Crippen molar-refractivity contribution < 1.29 is 9.84 Å². The van der Waals surface area contributed by atoms with Crippen LogP contribution in [0.2, 0.25) is 0 Å². The average Bonchev–Trinajstić information content (AvgIpc) is 2.91. The van der Waals surface area contributed by atoms with Crippen LogP contribution in [-0.4, -0.2) is 22.0 Å². The molecule has 1 aliphatic rings. The molecule has 1 unspecified atom stereocenters. The molecule has 0 spiro atoms. The minimum atomic E-state index is -1.01.